The van der Waals surface area contributed by atoms with Crippen LogP contribution >= 0.6 is 0 Å². The molecule has 0 bridgehead atoms. The van der Waals surface area contributed by atoms with Crippen LogP contribution in [-0.4, -0.2) is 55.7 Å². The Hall–Kier alpha value is -3.16. The Kier molecular flexibility index (Phi) is 3.92. The average molecular weight is 379 g/mol. The van der Waals surface area contributed by atoms with Crippen LogP contribution in [0.5, 0.6) is 0 Å². The largest absolute Gasteiger partial charge is 0.460 e. The number of amides is 1. The van der Waals surface area contributed by atoms with Crippen LogP contribution in [0.1, 0.15) is 29.6 Å². The lowest BCUT2D eigenvalue weighted by Gasteiger charge is -2.36. The maximum atomic E-state index is 13.0. The van der Waals surface area contributed by atoms with E-state index in [9.17, 15) is 9.59 Å². The highest BCUT2D eigenvalue weighted by molar-refractivity contribution is 6.06. The Balaban J connectivity index is 1.27. The summed E-state index contributed by atoms with van der Waals surface area (Å²) >= 11 is 0. The first kappa shape index (κ1) is 17.0. The molecule has 8 nitrogen and oxygen atoms in total. The molecular weight excluding hydrogens is 358 g/mol. The summed E-state index contributed by atoms with van der Waals surface area (Å²) in [6, 6.07) is 5.59. The molecule has 2 aliphatic heterocycles. The van der Waals surface area contributed by atoms with E-state index in [2.05, 4.69) is 15.2 Å². The van der Waals surface area contributed by atoms with Gasteiger partial charge in [-0.05, 0) is 25.0 Å². The zero-order valence-electron chi connectivity index (χ0n) is 15.4. The number of aromatic nitrogens is 4. The second kappa shape index (κ2) is 6.47. The number of imidazole rings is 1. The minimum atomic E-state index is -0.469. The minimum Gasteiger partial charge on any atom is -0.460 e. The van der Waals surface area contributed by atoms with Crippen LogP contribution < -0.4 is 0 Å². The molecule has 1 aromatic carbocycles. The SMILES string of the molecule is O=C(c1cccc2[nH]ncc12)N1CCC2(CC1)CC(Cn1ccnc1)OC2=O. The third-order valence-corrected chi connectivity index (χ3v) is 6.02. The molecule has 1 unspecified atom stereocenters. The van der Waals surface area contributed by atoms with Gasteiger partial charge < -0.3 is 14.2 Å². The number of hydrogen-bond acceptors (Lipinski definition) is 5. The Labute approximate surface area is 161 Å². The number of hydrogen-bond donors (Lipinski definition) is 1. The number of nitrogens with zero attached hydrogens (tertiary/aromatic N) is 4. The summed E-state index contributed by atoms with van der Waals surface area (Å²) in [7, 11) is 0. The predicted molar refractivity (Wildman–Crippen MR) is 100 cm³/mol. The van der Waals surface area contributed by atoms with Gasteiger partial charge in [-0.2, -0.15) is 5.10 Å². The van der Waals surface area contributed by atoms with Crippen molar-refractivity contribution in [1.82, 2.24) is 24.6 Å². The summed E-state index contributed by atoms with van der Waals surface area (Å²) in [6.07, 6.45) is 8.85. The molecule has 144 valence electrons. The molecule has 0 saturated carbocycles. The lowest BCUT2D eigenvalue weighted by atomic mass is 9.76. The smallest absolute Gasteiger partial charge is 0.312 e. The van der Waals surface area contributed by atoms with Gasteiger partial charge in [0, 0.05) is 37.3 Å². The summed E-state index contributed by atoms with van der Waals surface area (Å²) in [6.45, 7) is 1.73. The minimum absolute atomic E-state index is 0.0109. The number of aromatic amines is 1. The van der Waals surface area contributed by atoms with E-state index in [1.807, 2.05) is 33.9 Å². The number of rotatable bonds is 3. The zero-order valence-corrected chi connectivity index (χ0v) is 15.4. The first-order valence-corrected chi connectivity index (χ1v) is 9.53. The van der Waals surface area contributed by atoms with Crippen molar-refractivity contribution in [3.05, 3.63) is 48.7 Å². The van der Waals surface area contributed by atoms with Crippen LogP contribution in [0.15, 0.2) is 43.1 Å². The highest BCUT2D eigenvalue weighted by Crippen LogP contribution is 2.43. The van der Waals surface area contributed by atoms with Crippen molar-refractivity contribution in [1.29, 1.82) is 0 Å². The highest BCUT2D eigenvalue weighted by Gasteiger charge is 2.50. The van der Waals surface area contributed by atoms with Gasteiger partial charge in [0.2, 0.25) is 0 Å². The summed E-state index contributed by atoms with van der Waals surface area (Å²) in [4.78, 5) is 31.5. The second-order valence-corrected chi connectivity index (χ2v) is 7.70. The Bertz CT molecular complexity index is 1020. The number of cyclic esters (lactones) is 1. The van der Waals surface area contributed by atoms with Gasteiger partial charge in [0.1, 0.15) is 6.10 Å². The van der Waals surface area contributed by atoms with E-state index in [-0.39, 0.29) is 18.0 Å². The lowest BCUT2D eigenvalue weighted by molar-refractivity contribution is -0.150. The quantitative estimate of drug-likeness (QED) is 0.703. The summed E-state index contributed by atoms with van der Waals surface area (Å²) in [5.41, 5.74) is 1.03. The van der Waals surface area contributed by atoms with E-state index in [0.717, 1.165) is 10.9 Å². The van der Waals surface area contributed by atoms with Crippen LogP contribution in [0.2, 0.25) is 0 Å². The molecule has 2 saturated heterocycles. The normalized spacial score (nSPS) is 21.4. The van der Waals surface area contributed by atoms with Crippen LogP contribution in [0.25, 0.3) is 10.9 Å². The van der Waals surface area contributed by atoms with Gasteiger partial charge in [-0.15, -0.1) is 0 Å². The number of benzene rings is 1. The first-order valence-electron chi connectivity index (χ1n) is 9.53. The van der Waals surface area contributed by atoms with Crippen molar-refractivity contribution >= 4 is 22.8 Å². The average Bonchev–Trinajstić information content (AvgIpc) is 3.44. The number of fused-ring (bicyclic) bond motifs is 1. The second-order valence-electron chi connectivity index (χ2n) is 7.70. The van der Waals surface area contributed by atoms with Gasteiger partial charge in [0.05, 0.1) is 35.6 Å². The zero-order chi connectivity index (χ0) is 19.1. The molecule has 2 aliphatic rings. The molecule has 1 atom stereocenters. The number of H-pyrrole nitrogens is 1. The van der Waals surface area contributed by atoms with Gasteiger partial charge in [-0.1, -0.05) is 6.07 Å². The molecule has 4 heterocycles. The number of esters is 1. The molecule has 8 heteroatoms. The number of carbonyl (C=O) groups is 2. The molecule has 0 radical (unpaired) electrons. The third kappa shape index (κ3) is 2.76. The molecule has 1 spiro atoms. The summed E-state index contributed by atoms with van der Waals surface area (Å²) in [5, 5.41) is 7.76. The molecular formula is C20H21N5O3. The maximum Gasteiger partial charge on any atom is 0.312 e. The van der Waals surface area contributed by atoms with Crippen molar-refractivity contribution in [2.24, 2.45) is 5.41 Å². The van der Waals surface area contributed by atoms with E-state index in [1.165, 1.54) is 0 Å². The number of ether oxygens (including phenoxy) is 1. The third-order valence-electron chi connectivity index (χ3n) is 6.02. The van der Waals surface area contributed by atoms with E-state index in [0.29, 0.717) is 44.5 Å². The predicted octanol–water partition coefficient (Wildman–Crippen LogP) is 2.00. The van der Waals surface area contributed by atoms with Crippen LogP contribution in [0.3, 0.4) is 0 Å². The molecule has 1 N–H and O–H groups in total. The van der Waals surface area contributed by atoms with Gasteiger partial charge in [0.25, 0.3) is 5.91 Å². The maximum absolute atomic E-state index is 13.0. The fourth-order valence-corrected chi connectivity index (χ4v) is 4.44. The van der Waals surface area contributed by atoms with Gasteiger partial charge in [-0.3, -0.25) is 14.7 Å². The molecule has 28 heavy (non-hydrogen) atoms. The van der Waals surface area contributed by atoms with E-state index in [4.69, 9.17) is 4.74 Å². The van der Waals surface area contributed by atoms with Crippen LogP contribution in [-0.2, 0) is 16.1 Å². The lowest BCUT2D eigenvalue weighted by Crippen LogP contribution is -2.45. The van der Waals surface area contributed by atoms with Gasteiger partial charge >= 0.3 is 5.97 Å². The summed E-state index contributed by atoms with van der Waals surface area (Å²) in [5.74, 6) is -0.134. The van der Waals surface area contributed by atoms with E-state index in [1.54, 1.807) is 18.7 Å². The molecule has 3 aromatic rings. The van der Waals surface area contributed by atoms with Crippen LogP contribution in [0.4, 0.5) is 0 Å². The van der Waals surface area contributed by atoms with Crippen molar-refractivity contribution in [2.75, 3.05) is 13.1 Å². The number of likely N-dealkylation sites (tertiary alicyclic amines) is 1. The van der Waals surface area contributed by atoms with Gasteiger partial charge in [0.15, 0.2) is 0 Å². The number of carbonyl (C=O) groups excluding carboxylic acids is 2. The molecule has 1 amide bonds. The molecule has 2 aromatic heterocycles. The number of nitrogens with one attached hydrogen (secondary N) is 1. The van der Waals surface area contributed by atoms with Crippen molar-refractivity contribution in [2.45, 2.75) is 31.9 Å². The Morgan fingerprint density at radius 3 is 2.96 bits per heavy atom. The van der Waals surface area contributed by atoms with Crippen molar-refractivity contribution in [3.8, 4) is 0 Å². The van der Waals surface area contributed by atoms with Crippen molar-refractivity contribution in [3.63, 3.8) is 0 Å². The Morgan fingerprint density at radius 2 is 2.18 bits per heavy atom. The van der Waals surface area contributed by atoms with E-state index < -0.39 is 5.41 Å². The highest BCUT2D eigenvalue weighted by atomic mass is 16.6. The molecule has 0 aliphatic carbocycles. The van der Waals surface area contributed by atoms with E-state index >= 15 is 0 Å². The standard InChI is InChI=1S/C20H21N5O3/c26-18(15-2-1-3-17-16(15)11-22-23-17)25-7-4-20(5-8-25)10-14(28-19(20)27)12-24-9-6-21-13-24/h1-3,6,9,11,13-14H,4-5,7-8,10,12H2,(H,22,23). The van der Waals surface area contributed by atoms with Gasteiger partial charge in [-0.25, -0.2) is 4.98 Å². The molecule has 2 fully saturated rings. The fraction of sp³-hybridized carbons (Fsp3) is 0.400. The van der Waals surface area contributed by atoms with Crippen LogP contribution in [0, 0.1) is 5.41 Å². The summed E-state index contributed by atoms with van der Waals surface area (Å²) < 4.78 is 7.58. The van der Waals surface area contributed by atoms with Crippen molar-refractivity contribution < 1.29 is 14.3 Å². The fourth-order valence-electron chi connectivity index (χ4n) is 4.44. The first-order chi connectivity index (χ1) is 13.6. The topological polar surface area (TPSA) is 93.1 Å². The number of piperidine rings is 1. The Morgan fingerprint density at radius 1 is 1.32 bits per heavy atom. The monoisotopic (exact) mass is 379 g/mol. The molecule has 5 rings (SSSR count).